The second-order valence-electron chi connectivity index (χ2n) is 7.52. The van der Waals surface area contributed by atoms with Gasteiger partial charge in [0, 0.05) is 0 Å². The third-order valence-electron chi connectivity index (χ3n) is 4.30. The lowest BCUT2D eigenvalue weighted by Crippen LogP contribution is -2.31. The Labute approximate surface area is 174 Å². The first kappa shape index (κ1) is 20.9. The molecule has 8 heteroatoms. The van der Waals surface area contributed by atoms with E-state index >= 15 is 0 Å². The van der Waals surface area contributed by atoms with Crippen LogP contribution in [0.1, 0.15) is 37.9 Å². The largest absolute Gasteiger partial charge is 0.497 e. The predicted octanol–water partition coefficient (Wildman–Crippen LogP) is 3.43. The number of nitrogens with zero attached hydrogens (tertiary/aromatic N) is 4. The van der Waals surface area contributed by atoms with E-state index in [0.29, 0.717) is 5.16 Å². The van der Waals surface area contributed by atoms with Gasteiger partial charge in [-0.05, 0) is 54.5 Å². The molecule has 3 rings (SSSR count). The van der Waals surface area contributed by atoms with E-state index in [2.05, 4.69) is 20.8 Å². The van der Waals surface area contributed by atoms with E-state index in [1.807, 2.05) is 75.4 Å². The van der Waals surface area contributed by atoms with Crippen molar-refractivity contribution >= 4 is 17.7 Å². The van der Waals surface area contributed by atoms with Crippen LogP contribution in [-0.4, -0.2) is 39.0 Å². The van der Waals surface area contributed by atoms with E-state index in [1.165, 1.54) is 11.8 Å². The van der Waals surface area contributed by atoms with Crippen LogP contribution in [0.5, 0.6) is 5.75 Å². The number of hydrogen-bond donors (Lipinski definition) is 1. The Morgan fingerprint density at radius 1 is 1.10 bits per heavy atom. The molecule has 7 nitrogen and oxygen atoms in total. The van der Waals surface area contributed by atoms with E-state index in [-0.39, 0.29) is 23.2 Å². The Kier molecular flexibility index (Phi) is 6.53. The molecule has 0 saturated heterocycles. The van der Waals surface area contributed by atoms with E-state index in [9.17, 15) is 4.79 Å². The minimum Gasteiger partial charge on any atom is -0.497 e. The van der Waals surface area contributed by atoms with Crippen molar-refractivity contribution in [2.75, 3.05) is 12.9 Å². The quantitative estimate of drug-likeness (QED) is 0.600. The fourth-order valence-corrected chi connectivity index (χ4v) is 3.69. The van der Waals surface area contributed by atoms with Crippen molar-refractivity contribution in [1.82, 2.24) is 25.5 Å². The summed E-state index contributed by atoms with van der Waals surface area (Å²) in [5, 5.41) is 15.6. The first-order chi connectivity index (χ1) is 13.9. The van der Waals surface area contributed by atoms with Crippen molar-refractivity contribution in [3.8, 4) is 5.75 Å². The Balaban J connectivity index is 1.74. The van der Waals surface area contributed by atoms with Gasteiger partial charge in [0.25, 0.3) is 0 Å². The van der Waals surface area contributed by atoms with E-state index in [0.717, 1.165) is 16.9 Å². The number of tetrazole rings is 1. The molecule has 1 unspecified atom stereocenters. The Morgan fingerprint density at radius 2 is 1.76 bits per heavy atom. The zero-order valence-corrected chi connectivity index (χ0v) is 17.8. The number of rotatable bonds is 7. The van der Waals surface area contributed by atoms with Crippen LogP contribution in [0.15, 0.2) is 59.8 Å². The summed E-state index contributed by atoms with van der Waals surface area (Å²) in [5.41, 5.74) is 1.74. The molecule has 1 heterocycles. The molecule has 3 aromatic rings. The van der Waals surface area contributed by atoms with Gasteiger partial charge in [0.15, 0.2) is 0 Å². The number of nitrogens with one attached hydrogen (secondary N) is 1. The maximum Gasteiger partial charge on any atom is 0.231 e. The van der Waals surface area contributed by atoms with Crippen LogP contribution in [0, 0.1) is 0 Å². The average molecular weight is 412 g/mol. The molecular weight excluding hydrogens is 386 g/mol. The number of benzene rings is 2. The second kappa shape index (κ2) is 9.09. The van der Waals surface area contributed by atoms with E-state index < -0.39 is 0 Å². The van der Waals surface area contributed by atoms with Crippen molar-refractivity contribution in [3.05, 3.63) is 65.7 Å². The highest BCUT2D eigenvalue weighted by atomic mass is 32.2. The van der Waals surface area contributed by atoms with Crippen molar-refractivity contribution in [2.24, 2.45) is 0 Å². The summed E-state index contributed by atoms with van der Waals surface area (Å²) in [6.45, 7) is 6.05. The molecule has 0 saturated carbocycles. The summed E-state index contributed by atoms with van der Waals surface area (Å²) in [4.78, 5) is 12.7. The zero-order valence-electron chi connectivity index (χ0n) is 17.0. The van der Waals surface area contributed by atoms with Crippen molar-refractivity contribution < 1.29 is 9.53 Å². The van der Waals surface area contributed by atoms with Gasteiger partial charge in [-0.1, -0.05) is 54.2 Å². The minimum absolute atomic E-state index is 0.0943. The van der Waals surface area contributed by atoms with Crippen molar-refractivity contribution in [1.29, 1.82) is 0 Å². The van der Waals surface area contributed by atoms with Crippen molar-refractivity contribution in [3.63, 3.8) is 0 Å². The van der Waals surface area contributed by atoms with E-state index in [4.69, 9.17) is 4.74 Å². The SMILES string of the molecule is COc1ccc(C(NC(=O)CSc2nnnn2C(C)(C)C)c2ccccc2)cc1. The van der Waals surface area contributed by atoms with Crippen LogP contribution in [0.25, 0.3) is 0 Å². The van der Waals surface area contributed by atoms with Crippen LogP contribution in [-0.2, 0) is 10.3 Å². The van der Waals surface area contributed by atoms with Gasteiger partial charge >= 0.3 is 0 Å². The maximum absolute atomic E-state index is 12.7. The van der Waals surface area contributed by atoms with Gasteiger partial charge in [-0.25, -0.2) is 4.68 Å². The van der Waals surface area contributed by atoms with Gasteiger partial charge < -0.3 is 10.1 Å². The number of aromatic nitrogens is 4. The molecular formula is C21H25N5O2S. The summed E-state index contributed by atoms with van der Waals surface area (Å²) >= 11 is 1.32. The van der Waals surface area contributed by atoms with Gasteiger partial charge in [-0.2, -0.15) is 0 Å². The topological polar surface area (TPSA) is 81.9 Å². The molecule has 1 amide bonds. The summed E-state index contributed by atoms with van der Waals surface area (Å²) in [5.74, 6) is 0.898. The number of ether oxygens (including phenoxy) is 1. The van der Waals surface area contributed by atoms with Crippen LogP contribution in [0.3, 0.4) is 0 Å². The lowest BCUT2D eigenvalue weighted by Gasteiger charge is -2.21. The third kappa shape index (κ3) is 5.35. The van der Waals surface area contributed by atoms with Gasteiger partial charge in [0.05, 0.1) is 24.4 Å². The fraction of sp³-hybridized carbons (Fsp3) is 0.333. The number of thioether (sulfide) groups is 1. The normalized spacial score (nSPS) is 12.4. The monoisotopic (exact) mass is 411 g/mol. The maximum atomic E-state index is 12.7. The summed E-state index contributed by atoms with van der Waals surface area (Å²) in [6.07, 6.45) is 0. The molecule has 0 radical (unpaired) electrons. The molecule has 1 atom stereocenters. The number of carbonyl (C=O) groups is 1. The highest BCUT2D eigenvalue weighted by Crippen LogP contribution is 2.25. The average Bonchev–Trinajstić information content (AvgIpc) is 3.21. The molecule has 0 bridgehead atoms. The molecule has 0 aliphatic carbocycles. The van der Waals surface area contributed by atoms with Gasteiger partial charge in [-0.15, -0.1) is 5.10 Å². The van der Waals surface area contributed by atoms with Crippen LogP contribution < -0.4 is 10.1 Å². The molecule has 2 aromatic carbocycles. The van der Waals surface area contributed by atoms with Crippen LogP contribution in [0.4, 0.5) is 0 Å². The summed E-state index contributed by atoms with van der Waals surface area (Å²) in [6, 6.07) is 17.3. The molecule has 0 fully saturated rings. The molecule has 0 aliphatic heterocycles. The molecule has 0 aliphatic rings. The summed E-state index contributed by atoms with van der Waals surface area (Å²) < 4.78 is 6.97. The predicted molar refractivity (Wildman–Crippen MR) is 113 cm³/mol. The smallest absolute Gasteiger partial charge is 0.231 e. The van der Waals surface area contributed by atoms with Crippen LogP contribution >= 0.6 is 11.8 Å². The highest BCUT2D eigenvalue weighted by Gasteiger charge is 2.22. The number of methoxy groups -OCH3 is 1. The van der Waals surface area contributed by atoms with Crippen molar-refractivity contribution in [2.45, 2.75) is 37.5 Å². The standard InChI is InChI=1S/C21H25N5O2S/c1-21(2,3)26-20(23-24-25-26)29-14-18(27)22-19(15-8-6-5-7-9-15)16-10-12-17(28-4)13-11-16/h5-13,19H,14H2,1-4H3,(H,22,27). The molecule has 29 heavy (non-hydrogen) atoms. The molecule has 152 valence electrons. The molecule has 1 N–H and O–H groups in total. The fourth-order valence-electron chi connectivity index (χ4n) is 2.82. The lowest BCUT2D eigenvalue weighted by molar-refractivity contribution is -0.119. The molecule has 1 aromatic heterocycles. The minimum atomic E-state index is -0.256. The zero-order chi connectivity index (χ0) is 20.9. The van der Waals surface area contributed by atoms with Gasteiger partial charge in [0.2, 0.25) is 11.1 Å². The number of carbonyl (C=O) groups excluding carboxylic acids is 1. The second-order valence-corrected chi connectivity index (χ2v) is 8.46. The highest BCUT2D eigenvalue weighted by molar-refractivity contribution is 7.99. The lowest BCUT2D eigenvalue weighted by atomic mass is 9.98. The number of amides is 1. The van der Waals surface area contributed by atoms with Gasteiger partial charge in [-0.3, -0.25) is 4.79 Å². The third-order valence-corrected chi connectivity index (χ3v) is 5.22. The molecule has 0 spiro atoms. The Morgan fingerprint density at radius 3 is 2.38 bits per heavy atom. The summed E-state index contributed by atoms with van der Waals surface area (Å²) in [7, 11) is 1.63. The first-order valence-electron chi connectivity index (χ1n) is 9.28. The van der Waals surface area contributed by atoms with Gasteiger partial charge in [0.1, 0.15) is 5.75 Å². The Hall–Kier alpha value is -2.87. The van der Waals surface area contributed by atoms with E-state index in [1.54, 1.807) is 11.8 Å². The number of hydrogen-bond acceptors (Lipinski definition) is 6. The van der Waals surface area contributed by atoms with Crippen LogP contribution in [0.2, 0.25) is 0 Å². The Bertz CT molecular complexity index is 936. The first-order valence-corrected chi connectivity index (χ1v) is 10.3.